The molecule has 2 rings (SSSR count). The SMILES string of the molecule is NC(=O)c1[nH]cnc1OC(=O)C=Cc1ccccc1C(=O)O. The highest BCUT2D eigenvalue weighted by molar-refractivity contribution is 5.97. The van der Waals surface area contributed by atoms with Gasteiger partial charge in [-0.3, -0.25) is 4.79 Å². The van der Waals surface area contributed by atoms with Crippen LogP contribution in [0, 0.1) is 0 Å². The van der Waals surface area contributed by atoms with Crippen LogP contribution < -0.4 is 10.5 Å². The Balaban J connectivity index is 2.14. The molecule has 1 aromatic heterocycles. The van der Waals surface area contributed by atoms with Crippen LogP contribution in [0.4, 0.5) is 0 Å². The zero-order valence-corrected chi connectivity index (χ0v) is 11.1. The normalized spacial score (nSPS) is 10.5. The number of esters is 1. The highest BCUT2D eigenvalue weighted by Gasteiger charge is 2.15. The van der Waals surface area contributed by atoms with E-state index in [1.807, 2.05) is 0 Å². The van der Waals surface area contributed by atoms with Crippen LogP contribution in [0.2, 0.25) is 0 Å². The number of aromatic amines is 1. The Hall–Kier alpha value is -3.42. The predicted molar refractivity (Wildman–Crippen MR) is 75.2 cm³/mol. The van der Waals surface area contributed by atoms with E-state index in [9.17, 15) is 14.4 Å². The number of amides is 1. The molecule has 2 aromatic rings. The van der Waals surface area contributed by atoms with Crippen molar-refractivity contribution in [1.82, 2.24) is 9.97 Å². The molecule has 112 valence electrons. The molecule has 0 aliphatic carbocycles. The van der Waals surface area contributed by atoms with Gasteiger partial charge in [0.25, 0.3) is 11.8 Å². The molecule has 1 heterocycles. The number of carboxylic acid groups (broad SMARTS) is 1. The summed E-state index contributed by atoms with van der Waals surface area (Å²) in [4.78, 5) is 39.8. The van der Waals surface area contributed by atoms with Crippen molar-refractivity contribution in [2.45, 2.75) is 0 Å². The van der Waals surface area contributed by atoms with Gasteiger partial charge in [-0.15, -0.1) is 0 Å². The third-order valence-electron chi connectivity index (χ3n) is 2.64. The molecule has 0 unspecified atom stereocenters. The van der Waals surface area contributed by atoms with Gasteiger partial charge in [0.05, 0.1) is 11.9 Å². The average molecular weight is 301 g/mol. The molecule has 8 heteroatoms. The number of nitrogens with zero attached hydrogens (tertiary/aromatic N) is 1. The van der Waals surface area contributed by atoms with Gasteiger partial charge in [0.15, 0.2) is 5.69 Å². The van der Waals surface area contributed by atoms with Gasteiger partial charge in [0.2, 0.25) is 0 Å². The number of aromatic carboxylic acids is 1. The minimum Gasteiger partial charge on any atom is -0.478 e. The van der Waals surface area contributed by atoms with Gasteiger partial charge in [-0.25, -0.2) is 14.6 Å². The number of carboxylic acids is 1. The number of carbonyl (C=O) groups excluding carboxylic acids is 2. The lowest BCUT2D eigenvalue weighted by Crippen LogP contribution is -2.15. The minimum atomic E-state index is -1.11. The van der Waals surface area contributed by atoms with Crippen LogP contribution in [0.1, 0.15) is 26.4 Å². The van der Waals surface area contributed by atoms with Crippen molar-refractivity contribution in [1.29, 1.82) is 0 Å². The monoisotopic (exact) mass is 301 g/mol. The van der Waals surface area contributed by atoms with Crippen molar-refractivity contribution in [2.75, 3.05) is 0 Å². The zero-order valence-electron chi connectivity index (χ0n) is 11.1. The molecule has 0 aliphatic rings. The van der Waals surface area contributed by atoms with Crippen LogP contribution in [-0.4, -0.2) is 32.9 Å². The van der Waals surface area contributed by atoms with Gasteiger partial charge in [-0.1, -0.05) is 18.2 Å². The molecule has 22 heavy (non-hydrogen) atoms. The summed E-state index contributed by atoms with van der Waals surface area (Å²) < 4.78 is 4.85. The van der Waals surface area contributed by atoms with Crippen molar-refractivity contribution >= 4 is 23.9 Å². The van der Waals surface area contributed by atoms with E-state index < -0.39 is 17.8 Å². The maximum absolute atomic E-state index is 11.7. The molecule has 0 bridgehead atoms. The van der Waals surface area contributed by atoms with E-state index in [0.29, 0.717) is 5.56 Å². The third kappa shape index (κ3) is 3.37. The van der Waals surface area contributed by atoms with Crippen molar-refractivity contribution in [3.05, 3.63) is 53.5 Å². The quantitative estimate of drug-likeness (QED) is 0.552. The Morgan fingerprint density at radius 2 is 2.00 bits per heavy atom. The zero-order chi connectivity index (χ0) is 16.1. The number of hydrogen-bond acceptors (Lipinski definition) is 5. The van der Waals surface area contributed by atoms with E-state index in [-0.39, 0.29) is 17.1 Å². The molecule has 0 spiro atoms. The Morgan fingerprint density at radius 1 is 1.27 bits per heavy atom. The van der Waals surface area contributed by atoms with Crippen LogP contribution in [0.25, 0.3) is 6.08 Å². The summed E-state index contributed by atoms with van der Waals surface area (Å²) in [5.74, 6) is -3.00. The Bertz CT molecular complexity index is 763. The molecule has 0 saturated heterocycles. The highest BCUT2D eigenvalue weighted by Crippen LogP contribution is 2.13. The van der Waals surface area contributed by atoms with Crippen LogP contribution in [0.5, 0.6) is 5.88 Å². The largest absolute Gasteiger partial charge is 0.478 e. The van der Waals surface area contributed by atoms with Crippen molar-refractivity contribution in [3.63, 3.8) is 0 Å². The van der Waals surface area contributed by atoms with Crippen LogP contribution in [0.15, 0.2) is 36.7 Å². The van der Waals surface area contributed by atoms with Crippen molar-refractivity contribution in [3.8, 4) is 5.88 Å². The second-order valence-electron chi connectivity index (χ2n) is 4.09. The first kappa shape index (κ1) is 15.0. The molecule has 0 saturated carbocycles. The van der Waals surface area contributed by atoms with E-state index in [2.05, 4.69) is 9.97 Å². The summed E-state index contributed by atoms with van der Waals surface area (Å²) >= 11 is 0. The smallest absolute Gasteiger partial charge is 0.337 e. The predicted octanol–water partition coefficient (Wildman–Crippen LogP) is 0.826. The maximum Gasteiger partial charge on any atom is 0.337 e. The molecule has 0 radical (unpaired) electrons. The van der Waals surface area contributed by atoms with E-state index in [0.717, 1.165) is 12.4 Å². The van der Waals surface area contributed by atoms with Gasteiger partial charge >= 0.3 is 11.9 Å². The molecule has 8 nitrogen and oxygen atoms in total. The Kier molecular flexibility index (Phi) is 4.33. The lowest BCUT2D eigenvalue weighted by Gasteiger charge is -2.01. The number of H-pyrrole nitrogens is 1. The Labute approximate surface area is 124 Å². The summed E-state index contributed by atoms with van der Waals surface area (Å²) in [6.45, 7) is 0. The summed E-state index contributed by atoms with van der Waals surface area (Å²) in [7, 11) is 0. The lowest BCUT2D eigenvalue weighted by atomic mass is 10.1. The number of rotatable bonds is 5. The minimum absolute atomic E-state index is 0.0455. The molecule has 0 aliphatic heterocycles. The maximum atomic E-state index is 11.7. The number of benzene rings is 1. The number of ether oxygens (including phenoxy) is 1. The molecular weight excluding hydrogens is 290 g/mol. The fraction of sp³-hybridized carbons (Fsp3) is 0. The van der Waals surface area contributed by atoms with Gasteiger partial charge in [0.1, 0.15) is 0 Å². The van der Waals surface area contributed by atoms with Crippen molar-refractivity contribution in [2.24, 2.45) is 5.73 Å². The van der Waals surface area contributed by atoms with Crippen LogP contribution in [0.3, 0.4) is 0 Å². The molecule has 0 fully saturated rings. The fourth-order valence-corrected chi connectivity index (χ4v) is 1.66. The standard InChI is InChI=1S/C14H11N3O5/c15-12(19)11-13(17-7-16-11)22-10(18)6-5-8-3-1-2-4-9(8)14(20)21/h1-7H,(H2,15,19)(H,16,17)(H,20,21). The fourth-order valence-electron chi connectivity index (χ4n) is 1.66. The van der Waals surface area contributed by atoms with Gasteiger partial charge in [0, 0.05) is 6.08 Å². The average Bonchev–Trinajstić information content (AvgIpc) is 2.93. The van der Waals surface area contributed by atoms with Gasteiger partial charge in [-0.05, 0) is 17.7 Å². The molecule has 1 amide bonds. The number of imidazole rings is 1. The molecule has 4 N–H and O–H groups in total. The number of hydrogen-bond donors (Lipinski definition) is 3. The highest BCUT2D eigenvalue weighted by atomic mass is 16.5. The van der Waals surface area contributed by atoms with Gasteiger partial charge < -0.3 is 20.6 Å². The number of primary amides is 1. The topological polar surface area (TPSA) is 135 Å². The van der Waals surface area contributed by atoms with Crippen LogP contribution >= 0.6 is 0 Å². The summed E-state index contributed by atoms with van der Waals surface area (Å²) in [6.07, 6.45) is 3.48. The molecule has 0 atom stereocenters. The first-order valence-corrected chi connectivity index (χ1v) is 6.04. The lowest BCUT2D eigenvalue weighted by molar-refractivity contribution is -0.129. The number of aromatic nitrogens is 2. The second-order valence-corrected chi connectivity index (χ2v) is 4.09. The van der Waals surface area contributed by atoms with E-state index >= 15 is 0 Å². The number of nitrogens with two attached hydrogens (primary N) is 1. The van der Waals surface area contributed by atoms with Crippen LogP contribution in [-0.2, 0) is 4.79 Å². The first-order valence-electron chi connectivity index (χ1n) is 6.04. The molecule has 1 aromatic carbocycles. The summed E-state index contributed by atoms with van der Waals surface area (Å²) in [5, 5.41) is 9.02. The number of nitrogens with one attached hydrogen (secondary N) is 1. The van der Waals surface area contributed by atoms with E-state index in [1.54, 1.807) is 12.1 Å². The summed E-state index contributed by atoms with van der Waals surface area (Å²) in [6, 6.07) is 6.15. The van der Waals surface area contributed by atoms with E-state index in [4.69, 9.17) is 15.6 Å². The number of carbonyl (C=O) groups is 3. The first-order chi connectivity index (χ1) is 10.5. The molecular formula is C14H11N3O5. The van der Waals surface area contributed by atoms with Crippen molar-refractivity contribution < 1.29 is 24.2 Å². The van der Waals surface area contributed by atoms with E-state index in [1.165, 1.54) is 18.2 Å². The Morgan fingerprint density at radius 3 is 2.68 bits per heavy atom. The third-order valence-corrected chi connectivity index (χ3v) is 2.64. The van der Waals surface area contributed by atoms with Gasteiger partial charge in [-0.2, -0.15) is 0 Å². The summed E-state index contributed by atoms with van der Waals surface area (Å²) in [5.41, 5.74) is 5.32. The second kappa shape index (κ2) is 6.35.